The number of aromatic carboxylic acids is 1. The van der Waals surface area contributed by atoms with Crippen molar-refractivity contribution in [2.75, 3.05) is 0 Å². The number of benzene rings is 2. The topological polar surface area (TPSA) is 201 Å². The van der Waals surface area contributed by atoms with Crippen LogP contribution in [0.2, 0.25) is 0 Å². The quantitative estimate of drug-likeness (QED) is 0.149. The van der Waals surface area contributed by atoms with Crippen LogP contribution in [0.25, 0.3) is 5.65 Å². The van der Waals surface area contributed by atoms with Crippen LogP contribution in [0.5, 0.6) is 0 Å². The molecular formula is C30H27N7O6. The van der Waals surface area contributed by atoms with Crippen LogP contribution in [0.3, 0.4) is 0 Å². The zero-order valence-electron chi connectivity index (χ0n) is 23.0. The molecule has 0 spiro atoms. The fourth-order valence-electron chi connectivity index (χ4n) is 4.63. The van der Waals surface area contributed by atoms with Gasteiger partial charge in [0.15, 0.2) is 5.65 Å². The normalized spacial score (nSPS) is 12.7. The standard InChI is InChI=1S/C30H27N7O6/c1-15-8-19(6-7-20(15)29(41)42)13-33-27(39)21-10-22(37-23(36-21)14-35-30(37)43)28(40)34-12-18-5-3-4-17(9-18)11-32-25-24(31)16(2)26(25)38/h3-10,14,32H,2,11-13,31H2,1H3,(H,33,39)(H,34,40)(H,35,43)(H,41,42). The molecule has 218 valence electrons. The number of carbonyl (C=O) groups excluding carboxylic acids is 3. The van der Waals surface area contributed by atoms with Gasteiger partial charge in [0.1, 0.15) is 17.1 Å². The van der Waals surface area contributed by atoms with Gasteiger partial charge < -0.3 is 31.8 Å². The summed E-state index contributed by atoms with van der Waals surface area (Å²) in [5.74, 6) is -2.46. The zero-order valence-corrected chi connectivity index (χ0v) is 23.0. The van der Waals surface area contributed by atoms with E-state index in [0.29, 0.717) is 29.1 Å². The maximum absolute atomic E-state index is 13.2. The van der Waals surface area contributed by atoms with Crippen LogP contribution in [-0.2, 0) is 24.4 Å². The van der Waals surface area contributed by atoms with Crippen LogP contribution in [0.4, 0.5) is 0 Å². The Bertz CT molecular complexity index is 1930. The lowest BCUT2D eigenvalue weighted by Gasteiger charge is -2.22. The molecule has 1 aliphatic rings. The third-order valence-corrected chi connectivity index (χ3v) is 6.96. The first-order valence-electron chi connectivity index (χ1n) is 13.1. The van der Waals surface area contributed by atoms with Crippen LogP contribution in [0, 0.1) is 6.92 Å². The van der Waals surface area contributed by atoms with Crippen molar-refractivity contribution >= 4 is 29.2 Å². The Morgan fingerprint density at radius 2 is 1.65 bits per heavy atom. The fourth-order valence-corrected chi connectivity index (χ4v) is 4.63. The minimum absolute atomic E-state index is 0.0827. The molecular weight excluding hydrogens is 554 g/mol. The molecule has 0 fully saturated rings. The van der Waals surface area contributed by atoms with Crippen molar-refractivity contribution in [1.82, 2.24) is 30.3 Å². The summed E-state index contributed by atoms with van der Waals surface area (Å²) in [5, 5.41) is 17.7. The number of carbonyl (C=O) groups is 4. The number of aryl methyl sites for hydroxylation is 1. The molecule has 2 aromatic heterocycles. The molecule has 13 nitrogen and oxygen atoms in total. The molecule has 43 heavy (non-hydrogen) atoms. The number of hydrogen-bond donors (Lipinski definition) is 6. The Labute approximate surface area is 244 Å². The molecule has 0 saturated heterocycles. The second-order valence-electron chi connectivity index (χ2n) is 9.90. The fraction of sp³-hybridized carbons (Fsp3) is 0.133. The van der Waals surface area contributed by atoms with E-state index in [9.17, 15) is 29.1 Å². The lowest BCUT2D eigenvalue weighted by molar-refractivity contribution is -0.113. The van der Waals surface area contributed by atoms with E-state index in [1.807, 2.05) is 18.2 Å². The number of nitrogens with zero attached hydrogens (tertiary/aromatic N) is 2. The van der Waals surface area contributed by atoms with Crippen molar-refractivity contribution in [2.24, 2.45) is 5.73 Å². The number of rotatable bonds is 10. The van der Waals surface area contributed by atoms with E-state index in [-0.39, 0.29) is 47.0 Å². The van der Waals surface area contributed by atoms with E-state index in [4.69, 9.17) is 5.73 Å². The number of nitrogens with one attached hydrogen (secondary N) is 4. The Morgan fingerprint density at radius 1 is 0.977 bits per heavy atom. The minimum Gasteiger partial charge on any atom is -0.478 e. The highest BCUT2D eigenvalue weighted by molar-refractivity contribution is 6.18. The highest BCUT2D eigenvalue weighted by Crippen LogP contribution is 2.22. The van der Waals surface area contributed by atoms with Gasteiger partial charge in [0, 0.05) is 31.4 Å². The third-order valence-electron chi connectivity index (χ3n) is 6.96. The van der Waals surface area contributed by atoms with Crippen LogP contribution in [0.15, 0.2) is 83.1 Å². The van der Waals surface area contributed by atoms with E-state index in [1.54, 1.807) is 25.1 Å². The monoisotopic (exact) mass is 581 g/mol. The van der Waals surface area contributed by atoms with Gasteiger partial charge in [0.05, 0.1) is 11.3 Å². The largest absolute Gasteiger partial charge is 0.478 e. The van der Waals surface area contributed by atoms with Crippen LogP contribution >= 0.6 is 0 Å². The molecule has 0 unspecified atom stereocenters. The van der Waals surface area contributed by atoms with E-state index >= 15 is 0 Å². The Balaban J connectivity index is 1.28. The SMILES string of the molecule is C=C1C(=O)C(NCc2cccc(CNC(=O)c3cc(C(=O)NCc4ccc(C(=O)O)c(C)c4)nc4c[nH]c(=O)n34)c2)=C1N. The number of carboxylic acid groups (broad SMARTS) is 1. The van der Waals surface area contributed by atoms with Crippen molar-refractivity contribution in [1.29, 1.82) is 0 Å². The molecule has 0 bridgehead atoms. The van der Waals surface area contributed by atoms with Crippen LogP contribution in [-0.4, -0.2) is 43.0 Å². The summed E-state index contributed by atoms with van der Waals surface area (Å²) in [6.07, 6.45) is 1.30. The molecule has 2 aromatic carbocycles. The second-order valence-corrected chi connectivity index (χ2v) is 9.90. The predicted molar refractivity (Wildman–Crippen MR) is 155 cm³/mol. The smallest absolute Gasteiger partial charge is 0.335 e. The van der Waals surface area contributed by atoms with Gasteiger partial charge in [-0.15, -0.1) is 0 Å². The Hall–Kier alpha value is -5.98. The highest BCUT2D eigenvalue weighted by atomic mass is 16.4. The first kappa shape index (κ1) is 28.5. The van der Waals surface area contributed by atoms with Crippen molar-refractivity contribution in [3.8, 4) is 0 Å². The molecule has 0 aliphatic heterocycles. The highest BCUT2D eigenvalue weighted by Gasteiger charge is 2.29. The molecule has 2 amide bonds. The molecule has 5 rings (SSSR count). The van der Waals surface area contributed by atoms with E-state index in [2.05, 4.69) is 32.5 Å². The average molecular weight is 582 g/mol. The number of aromatic amines is 1. The zero-order chi connectivity index (χ0) is 30.8. The summed E-state index contributed by atoms with van der Waals surface area (Å²) < 4.78 is 1.07. The van der Waals surface area contributed by atoms with Gasteiger partial charge in [0.2, 0.25) is 5.78 Å². The summed E-state index contributed by atoms with van der Waals surface area (Å²) in [6.45, 7) is 5.80. The van der Waals surface area contributed by atoms with Crippen LogP contribution in [0.1, 0.15) is 53.6 Å². The molecule has 2 heterocycles. The first-order valence-corrected chi connectivity index (χ1v) is 13.1. The maximum atomic E-state index is 13.2. The van der Waals surface area contributed by atoms with Gasteiger partial charge in [-0.1, -0.05) is 43.0 Å². The number of fused-ring (bicyclic) bond motifs is 1. The van der Waals surface area contributed by atoms with Gasteiger partial charge in [-0.3, -0.25) is 14.4 Å². The van der Waals surface area contributed by atoms with E-state index in [1.165, 1.54) is 18.3 Å². The number of amides is 2. The summed E-state index contributed by atoms with van der Waals surface area (Å²) in [6, 6.07) is 13.3. The number of allylic oxidation sites excluding steroid dienone is 2. The summed E-state index contributed by atoms with van der Waals surface area (Å²) >= 11 is 0. The Kier molecular flexibility index (Phi) is 7.62. The number of ketones is 1. The number of H-pyrrole nitrogens is 1. The number of aromatic nitrogens is 3. The average Bonchev–Trinajstić information content (AvgIpc) is 3.38. The van der Waals surface area contributed by atoms with Gasteiger partial charge in [0.25, 0.3) is 11.8 Å². The maximum Gasteiger partial charge on any atom is 0.335 e. The van der Waals surface area contributed by atoms with E-state index < -0.39 is 23.5 Å². The second kappa shape index (κ2) is 11.5. The van der Waals surface area contributed by atoms with Gasteiger partial charge in [-0.25, -0.2) is 19.0 Å². The van der Waals surface area contributed by atoms with Gasteiger partial charge in [-0.2, -0.15) is 0 Å². The molecule has 1 aliphatic carbocycles. The summed E-state index contributed by atoms with van der Waals surface area (Å²) in [7, 11) is 0. The summed E-state index contributed by atoms with van der Waals surface area (Å²) in [4.78, 5) is 68.5. The molecule has 7 N–H and O–H groups in total. The molecule has 0 radical (unpaired) electrons. The number of carboxylic acids is 1. The molecule has 4 aromatic rings. The van der Waals surface area contributed by atoms with Gasteiger partial charge in [-0.05, 0) is 41.3 Å². The number of imidazole rings is 1. The Morgan fingerprint density at radius 3 is 2.33 bits per heavy atom. The number of Topliss-reactive ketones (excluding diaryl/α,β-unsaturated/α-hetero) is 1. The molecule has 0 atom stereocenters. The van der Waals surface area contributed by atoms with Crippen molar-refractivity contribution in [2.45, 2.75) is 26.6 Å². The van der Waals surface area contributed by atoms with Crippen molar-refractivity contribution < 1.29 is 24.3 Å². The lowest BCUT2D eigenvalue weighted by Crippen LogP contribution is -2.35. The minimum atomic E-state index is -1.04. The summed E-state index contributed by atoms with van der Waals surface area (Å²) in [5.41, 5.74) is 9.06. The van der Waals surface area contributed by atoms with Crippen molar-refractivity contribution in [3.63, 3.8) is 0 Å². The third kappa shape index (κ3) is 5.77. The molecule has 0 saturated carbocycles. The predicted octanol–water partition coefficient (Wildman–Crippen LogP) is 1.29. The van der Waals surface area contributed by atoms with Crippen molar-refractivity contribution in [3.05, 3.63) is 128 Å². The van der Waals surface area contributed by atoms with E-state index in [0.717, 1.165) is 15.5 Å². The number of nitrogens with two attached hydrogens (primary N) is 1. The first-order chi connectivity index (χ1) is 20.5. The number of hydrogen-bond acceptors (Lipinski definition) is 8. The van der Waals surface area contributed by atoms with Gasteiger partial charge >= 0.3 is 11.7 Å². The molecule has 13 heteroatoms. The van der Waals surface area contributed by atoms with Crippen LogP contribution < -0.4 is 27.4 Å². The lowest BCUT2D eigenvalue weighted by atomic mass is 9.93.